The van der Waals surface area contributed by atoms with Crippen LogP contribution >= 0.6 is 39.4 Å². The molecular weight excluding hydrogens is 412 g/mol. The van der Waals surface area contributed by atoms with Gasteiger partial charge >= 0.3 is 5.97 Å². The van der Waals surface area contributed by atoms with Gasteiger partial charge < -0.3 is 9.84 Å². The number of esters is 1. The Bertz CT molecular complexity index is 376. The van der Waals surface area contributed by atoms with Crippen LogP contribution in [0.4, 0.5) is 0 Å². The van der Waals surface area contributed by atoms with Crippen molar-refractivity contribution in [3.8, 4) is 5.75 Å². The summed E-state index contributed by atoms with van der Waals surface area (Å²) in [6, 6.07) is 3.03. The number of carbonyl (C=O) groups excluding carboxylic acids is 1. The van der Waals surface area contributed by atoms with Gasteiger partial charge in [0.25, 0.3) is 0 Å². The zero-order valence-corrected chi connectivity index (χ0v) is 14.7. The van der Waals surface area contributed by atoms with Gasteiger partial charge in [-0.05, 0) is 28.1 Å². The van der Waals surface area contributed by atoms with Gasteiger partial charge in [-0.2, -0.15) is 0 Å². The van der Waals surface area contributed by atoms with Crippen molar-refractivity contribution >= 4 is 45.4 Å². The summed E-state index contributed by atoms with van der Waals surface area (Å²) in [6.45, 7) is 1.41. The van der Waals surface area contributed by atoms with E-state index in [1.54, 1.807) is 6.07 Å². The number of carbonyl (C=O) groups is 1. The average Bonchev–Trinajstić information content (AvgIpc) is 2.24. The molecule has 1 aromatic carbocycles. The number of ether oxygens (including phenoxy) is 1. The van der Waals surface area contributed by atoms with E-state index in [0.29, 0.717) is 15.1 Å². The molecule has 0 aliphatic carbocycles. The van der Waals surface area contributed by atoms with Crippen LogP contribution in [0.5, 0.6) is 5.75 Å². The van der Waals surface area contributed by atoms with Crippen molar-refractivity contribution in [2.75, 3.05) is 0 Å². The standard InChI is InChI=1S/C9H8BrClO3.ClHO.Y/c1-5(12)14-4-6-2-7(11)3-8(13)9(6)10;1-2;/h2-3,13H,4H2,1H3;2H;. The van der Waals surface area contributed by atoms with Gasteiger partial charge in [-0.25, -0.2) is 0 Å². The average molecular weight is 421 g/mol. The van der Waals surface area contributed by atoms with Gasteiger partial charge in [-0.1, -0.05) is 11.6 Å². The summed E-state index contributed by atoms with van der Waals surface area (Å²) in [5.74, 6) is -0.351. The van der Waals surface area contributed by atoms with Crippen molar-refractivity contribution < 1.29 is 52.0 Å². The summed E-state index contributed by atoms with van der Waals surface area (Å²) in [7, 11) is 0. The quantitative estimate of drug-likeness (QED) is 0.722. The van der Waals surface area contributed by atoms with Crippen molar-refractivity contribution in [3.05, 3.63) is 27.2 Å². The third-order valence-corrected chi connectivity index (χ3v) is 2.66. The molecule has 0 aliphatic rings. The number of phenols is 1. The Morgan fingerprint density at radius 3 is 2.47 bits per heavy atom. The zero-order chi connectivity index (χ0) is 12.7. The molecule has 1 aromatic rings. The molecule has 0 spiro atoms. The zero-order valence-electron chi connectivity index (χ0n) is 8.78. The molecule has 0 bridgehead atoms. The van der Waals surface area contributed by atoms with Gasteiger partial charge in [0, 0.05) is 50.2 Å². The molecule has 0 aliphatic heterocycles. The van der Waals surface area contributed by atoms with Crippen LogP contribution in [0.15, 0.2) is 16.6 Å². The third-order valence-electron chi connectivity index (χ3n) is 1.52. The predicted octanol–water partition coefficient (Wildman–Crippen LogP) is 3.00. The van der Waals surface area contributed by atoms with E-state index < -0.39 is 0 Å². The number of aromatic hydroxyl groups is 1. The first-order chi connectivity index (χ1) is 7.50. The van der Waals surface area contributed by atoms with Gasteiger partial charge in [0.2, 0.25) is 0 Å². The third kappa shape index (κ3) is 7.60. The first-order valence-electron chi connectivity index (χ1n) is 3.98. The summed E-state index contributed by atoms with van der Waals surface area (Å²) in [5.41, 5.74) is 0.630. The number of phenolic OH excluding ortho intramolecular Hbond substituents is 1. The van der Waals surface area contributed by atoms with Crippen LogP contribution in [-0.4, -0.2) is 15.7 Å². The van der Waals surface area contributed by atoms with E-state index in [2.05, 4.69) is 27.8 Å². The summed E-state index contributed by atoms with van der Waals surface area (Å²) in [6.07, 6.45) is 0. The molecule has 0 amide bonds. The summed E-state index contributed by atoms with van der Waals surface area (Å²) in [5, 5.41) is 9.77. The van der Waals surface area contributed by atoms with Crippen LogP contribution in [0, 0.1) is 0 Å². The number of halogens is 3. The first kappa shape index (κ1) is 19.9. The van der Waals surface area contributed by atoms with Crippen molar-refractivity contribution in [1.29, 1.82) is 0 Å². The molecule has 0 saturated carbocycles. The van der Waals surface area contributed by atoms with E-state index in [9.17, 15) is 9.90 Å². The Kier molecular flexibility index (Phi) is 12.4. The van der Waals surface area contributed by atoms with Gasteiger partial charge in [0.1, 0.15) is 12.4 Å². The second-order valence-electron chi connectivity index (χ2n) is 2.68. The topological polar surface area (TPSA) is 66.8 Å². The smallest absolute Gasteiger partial charge is 0.302 e. The SMILES string of the molecule is CC(=O)OCc1cc(Cl)cc(O)c1Br.OCl.[Y]. The van der Waals surface area contributed by atoms with Crippen LogP contribution in [0.3, 0.4) is 0 Å². The minimum atomic E-state index is -0.378. The maximum absolute atomic E-state index is 10.6. The normalized spacial score (nSPS) is 8.53. The largest absolute Gasteiger partial charge is 0.507 e. The monoisotopic (exact) mass is 419 g/mol. The molecule has 93 valence electrons. The van der Waals surface area contributed by atoms with E-state index in [1.807, 2.05) is 0 Å². The summed E-state index contributed by atoms with van der Waals surface area (Å²) in [4.78, 5) is 10.6. The Morgan fingerprint density at radius 2 is 2.00 bits per heavy atom. The van der Waals surface area contributed by atoms with E-state index in [1.165, 1.54) is 13.0 Å². The van der Waals surface area contributed by atoms with Crippen molar-refractivity contribution in [1.82, 2.24) is 0 Å². The molecule has 0 atom stereocenters. The van der Waals surface area contributed by atoms with Crippen molar-refractivity contribution in [3.63, 3.8) is 0 Å². The second kappa shape index (κ2) is 10.5. The summed E-state index contributed by atoms with van der Waals surface area (Å²) >= 11 is 12.5. The van der Waals surface area contributed by atoms with E-state index in [-0.39, 0.29) is 51.0 Å². The minimum absolute atomic E-state index is 0. The molecule has 0 heterocycles. The molecule has 0 unspecified atom stereocenters. The Morgan fingerprint density at radius 1 is 1.47 bits per heavy atom. The van der Waals surface area contributed by atoms with Crippen LogP contribution in [0.25, 0.3) is 0 Å². The molecule has 17 heavy (non-hydrogen) atoms. The molecule has 8 heteroatoms. The molecule has 2 N–H and O–H groups in total. The van der Waals surface area contributed by atoms with E-state index in [0.717, 1.165) is 0 Å². The fraction of sp³-hybridized carbons (Fsp3) is 0.222. The molecular formula is C9H9BrCl2O4Y. The molecule has 0 aromatic heterocycles. The maximum atomic E-state index is 10.6. The van der Waals surface area contributed by atoms with Crippen LogP contribution in [0.1, 0.15) is 12.5 Å². The van der Waals surface area contributed by atoms with Crippen molar-refractivity contribution in [2.24, 2.45) is 0 Å². The summed E-state index contributed by atoms with van der Waals surface area (Å²) < 4.78 is 11.7. The molecule has 1 rings (SSSR count). The van der Waals surface area contributed by atoms with Crippen LogP contribution in [0.2, 0.25) is 5.02 Å². The number of hydrogen-bond acceptors (Lipinski definition) is 4. The maximum Gasteiger partial charge on any atom is 0.302 e. The van der Waals surface area contributed by atoms with Gasteiger partial charge in [-0.3, -0.25) is 9.45 Å². The Hall–Kier alpha value is 0.614. The predicted molar refractivity (Wildman–Crippen MR) is 64.4 cm³/mol. The fourth-order valence-corrected chi connectivity index (χ4v) is 1.49. The Labute approximate surface area is 142 Å². The van der Waals surface area contributed by atoms with Gasteiger partial charge in [0.15, 0.2) is 0 Å². The number of hydrogen-bond donors (Lipinski definition) is 2. The Balaban J connectivity index is 0. The van der Waals surface area contributed by atoms with Crippen LogP contribution < -0.4 is 0 Å². The molecule has 0 fully saturated rings. The molecule has 1 radical (unpaired) electrons. The minimum Gasteiger partial charge on any atom is -0.507 e. The molecule has 4 nitrogen and oxygen atoms in total. The van der Waals surface area contributed by atoms with E-state index in [4.69, 9.17) is 21.0 Å². The fourth-order valence-electron chi connectivity index (χ4n) is 0.914. The van der Waals surface area contributed by atoms with Gasteiger partial charge in [-0.15, -0.1) is 0 Å². The first-order valence-corrected chi connectivity index (χ1v) is 5.48. The van der Waals surface area contributed by atoms with Crippen LogP contribution in [-0.2, 0) is 48.8 Å². The van der Waals surface area contributed by atoms with Crippen molar-refractivity contribution in [2.45, 2.75) is 13.5 Å². The number of rotatable bonds is 2. The number of benzene rings is 1. The second-order valence-corrected chi connectivity index (χ2v) is 3.91. The molecule has 0 saturated heterocycles. The van der Waals surface area contributed by atoms with E-state index >= 15 is 0 Å². The van der Waals surface area contributed by atoms with Gasteiger partial charge in [0.05, 0.1) is 16.3 Å².